The van der Waals surface area contributed by atoms with Crippen LogP contribution in [0.25, 0.3) is 5.70 Å². The molecule has 2 aromatic carbocycles. The second-order valence-corrected chi connectivity index (χ2v) is 9.61. The first-order chi connectivity index (χ1) is 15.6. The number of carbonyl (C=O) groups is 2. The number of nitrogens with zero attached hydrogens (tertiary/aromatic N) is 1. The molecule has 1 saturated heterocycles. The third-order valence-electron chi connectivity index (χ3n) is 6.09. The molecule has 0 aliphatic carbocycles. The van der Waals surface area contributed by atoms with Crippen LogP contribution >= 0.6 is 11.8 Å². The highest BCUT2D eigenvalue weighted by molar-refractivity contribution is 8.14. The van der Waals surface area contributed by atoms with Crippen LogP contribution in [0.2, 0.25) is 0 Å². The van der Waals surface area contributed by atoms with E-state index < -0.39 is 0 Å². The molecule has 0 aromatic heterocycles. The van der Waals surface area contributed by atoms with Crippen molar-refractivity contribution in [3.05, 3.63) is 75.4 Å². The van der Waals surface area contributed by atoms with Gasteiger partial charge in [-0.05, 0) is 61.2 Å². The molecule has 1 amide bonds. The Balaban J connectivity index is 1.79. The number of allylic oxidation sites excluding steroid dienone is 1. The molecule has 0 saturated carbocycles. The zero-order valence-corrected chi connectivity index (χ0v) is 20.3. The average Bonchev–Trinajstić information content (AvgIpc) is 2.75. The van der Waals surface area contributed by atoms with E-state index in [0.29, 0.717) is 41.6 Å². The van der Waals surface area contributed by atoms with Crippen LogP contribution in [0.15, 0.2) is 42.0 Å². The molecule has 0 unspecified atom stereocenters. The summed E-state index contributed by atoms with van der Waals surface area (Å²) in [5.74, 6) is 3.18. The summed E-state index contributed by atoms with van der Waals surface area (Å²) in [6.45, 7) is 8.46. The van der Waals surface area contributed by atoms with Crippen molar-refractivity contribution >= 4 is 34.2 Å². The number of nitrogens with one attached hydrogen (secondary N) is 1. The van der Waals surface area contributed by atoms with Crippen LogP contribution in [0.5, 0.6) is 0 Å². The van der Waals surface area contributed by atoms with E-state index in [1.54, 1.807) is 6.92 Å². The van der Waals surface area contributed by atoms with E-state index in [4.69, 9.17) is 17.6 Å². The zero-order valence-electron chi connectivity index (χ0n) is 19.5. The number of amides is 1. The number of nitrogens with two attached hydrogens (primary N) is 1. The third-order valence-corrected chi connectivity index (χ3v) is 6.93. The van der Waals surface area contributed by atoms with Crippen LogP contribution in [0.4, 0.5) is 0 Å². The van der Waals surface area contributed by atoms with Gasteiger partial charge in [0.15, 0.2) is 5.12 Å². The largest absolute Gasteiger partial charge is 0.398 e. The lowest BCUT2D eigenvalue weighted by atomic mass is 9.89. The Morgan fingerprint density at radius 1 is 1.12 bits per heavy atom. The molecule has 0 bridgehead atoms. The summed E-state index contributed by atoms with van der Waals surface area (Å²) >= 11 is 1.09. The van der Waals surface area contributed by atoms with Gasteiger partial charge in [-0.3, -0.25) is 9.59 Å². The van der Waals surface area contributed by atoms with E-state index in [9.17, 15) is 9.59 Å². The standard InChI is InChI=1S/C27H29N3O2S/c1-6-20-7-9-21(10-8-20)22-13-30(14-22)27(32)24-12-23(16(2)11-17(24)3)26(29)18(4)25(28)15-33-19(5)31/h1,7-12,22,28H,13-15,29H2,2-5H3/b26-18-,28-25?. The maximum atomic E-state index is 13.3. The zero-order chi connectivity index (χ0) is 24.3. The van der Waals surface area contributed by atoms with Gasteiger partial charge in [-0.1, -0.05) is 35.9 Å². The number of carbonyl (C=O) groups excluding carboxylic acids is 2. The Morgan fingerprint density at radius 2 is 1.73 bits per heavy atom. The molecule has 1 fully saturated rings. The van der Waals surface area contributed by atoms with Gasteiger partial charge in [0.2, 0.25) is 0 Å². The predicted octanol–water partition coefficient (Wildman–Crippen LogP) is 4.51. The van der Waals surface area contributed by atoms with Crippen LogP contribution in [0.1, 0.15) is 57.9 Å². The lowest BCUT2D eigenvalue weighted by molar-refractivity contribution is -0.109. The van der Waals surface area contributed by atoms with Crippen molar-refractivity contribution < 1.29 is 9.59 Å². The number of terminal acetylenes is 1. The van der Waals surface area contributed by atoms with Crippen LogP contribution in [0.3, 0.4) is 0 Å². The van der Waals surface area contributed by atoms with Gasteiger partial charge in [-0.25, -0.2) is 0 Å². The van der Waals surface area contributed by atoms with Crippen molar-refractivity contribution in [2.24, 2.45) is 5.73 Å². The van der Waals surface area contributed by atoms with Crippen molar-refractivity contribution in [1.29, 1.82) is 5.41 Å². The molecule has 33 heavy (non-hydrogen) atoms. The molecule has 2 aromatic rings. The average molecular weight is 460 g/mol. The second-order valence-electron chi connectivity index (χ2n) is 8.45. The number of aryl methyl sites for hydroxylation is 2. The number of thioether (sulfide) groups is 1. The topological polar surface area (TPSA) is 87.2 Å². The smallest absolute Gasteiger partial charge is 0.254 e. The SMILES string of the molecule is C#Cc1ccc(C2CN(C(=O)c3cc(/C(N)=C(\C)C(=N)CSC(C)=O)c(C)cc3C)C2)cc1. The maximum Gasteiger partial charge on any atom is 0.254 e. The summed E-state index contributed by atoms with van der Waals surface area (Å²) in [4.78, 5) is 26.3. The predicted molar refractivity (Wildman–Crippen MR) is 137 cm³/mol. The Morgan fingerprint density at radius 3 is 2.30 bits per heavy atom. The van der Waals surface area contributed by atoms with Crippen LogP contribution in [0, 0.1) is 31.6 Å². The number of benzene rings is 2. The van der Waals surface area contributed by atoms with Crippen LogP contribution < -0.4 is 5.73 Å². The van der Waals surface area contributed by atoms with E-state index in [1.807, 2.05) is 55.1 Å². The first-order valence-electron chi connectivity index (χ1n) is 10.8. The molecule has 0 radical (unpaired) electrons. The molecule has 1 aliphatic heterocycles. The summed E-state index contributed by atoms with van der Waals surface area (Å²) in [5, 5.41) is 8.22. The van der Waals surface area contributed by atoms with Crippen molar-refractivity contribution in [3.63, 3.8) is 0 Å². The lowest BCUT2D eigenvalue weighted by Crippen LogP contribution is -2.48. The highest BCUT2D eigenvalue weighted by Gasteiger charge is 2.33. The van der Waals surface area contributed by atoms with E-state index in [1.165, 1.54) is 12.5 Å². The van der Waals surface area contributed by atoms with Gasteiger partial charge < -0.3 is 16.0 Å². The quantitative estimate of drug-likeness (QED) is 0.491. The molecule has 1 heterocycles. The molecule has 3 N–H and O–H groups in total. The van der Waals surface area contributed by atoms with E-state index in [-0.39, 0.29) is 16.8 Å². The minimum atomic E-state index is -0.0367. The number of likely N-dealkylation sites (tertiary alicyclic amines) is 1. The van der Waals surface area contributed by atoms with Gasteiger partial charge in [0, 0.05) is 59.8 Å². The van der Waals surface area contributed by atoms with E-state index in [0.717, 1.165) is 34.0 Å². The Hall–Kier alpha value is -3.30. The summed E-state index contributed by atoms with van der Waals surface area (Å²) in [5.41, 5.74) is 13.1. The molecule has 5 nitrogen and oxygen atoms in total. The Kier molecular flexibility index (Phi) is 7.45. The molecule has 170 valence electrons. The normalized spacial score (nSPS) is 14.2. The van der Waals surface area contributed by atoms with Crippen molar-refractivity contribution in [2.75, 3.05) is 18.8 Å². The molecular formula is C27H29N3O2S. The lowest BCUT2D eigenvalue weighted by Gasteiger charge is -2.40. The minimum Gasteiger partial charge on any atom is -0.398 e. The van der Waals surface area contributed by atoms with E-state index in [2.05, 4.69) is 5.92 Å². The summed E-state index contributed by atoms with van der Waals surface area (Å²) in [6, 6.07) is 11.7. The fraction of sp³-hybridized carbons (Fsp3) is 0.296. The summed E-state index contributed by atoms with van der Waals surface area (Å²) in [7, 11) is 0. The second kappa shape index (κ2) is 10.1. The first kappa shape index (κ1) is 24.3. The van der Waals surface area contributed by atoms with Crippen molar-refractivity contribution in [3.8, 4) is 12.3 Å². The Labute approximate surface area is 199 Å². The van der Waals surface area contributed by atoms with Gasteiger partial charge in [0.05, 0.1) is 0 Å². The minimum absolute atomic E-state index is 0.0158. The number of hydrogen-bond donors (Lipinski definition) is 2. The summed E-state index contributed by atoms with van der Waals surface area (Å²) < 4.78 is 0. The van der Waals surface area contributed by atoms with Crippen LogP contribution in [-0.4, -0.2) is 40.5 Å². The molecule has 6 heteroatoms. The summed E-state index contributed by atoms with van der Waals surface area (Å²) in [6.07, 6.45) is 5.43. The van der Waals surface area contributed by atoms with Crippen LogP contribution in [-0.2, 0) is 4.79 Å². The van der Waals surface area contributed by atoms with Gasteiger partial charge in [0.25, 0.3) is 5.91 Å². The molecule has 0 spiro atoms. The van der Waals surface area contributed by atoms with Gasteiger partial charge >= 0.3 is 0 Å². The van der Waals surface area contributed by atoms with E-state index >= 15 is 0 Å². The highest BCUT2D eigenvalue weighted by Crippen LogP contribution is 2.30. The molecular weight excluding hydrogens is 430 g/mol. The maximum absolute atomic E-state index is 13.3. The third kappa shape index (κ3) is 5.37. The van der Waals surface area contributed by atoms with Gasteiger partial charge in [-0.15, -0.1) is 6.42 Å². The molecule has 1 aliphatic rings. The first-order valence-corrected chi connectivity index (χ1v) is 11.8. The molecule has 3 rings (SSSR count). The van der Waals surface area contributed by atoms with Gasteiger partial charge in [0.1, 0.15) is 0 Å². The van der Waals surface area contributed by atoms with Crippen molar-refractivity contribution in [1.82, 2.24) is 4.90 Å². The number of hydrogen-bond acceptors (Lipinski definition) is 5. The Bertz CT molecular complexity index is 1180. The number of rotatable bonds is 6. The fourth-order valence-corrected chi connectivity index (χ4v) is 4.46. The fourth-order valence-electron chi connectivity index (χ4n) is 3.90. The van der Waals surface area contributed by atoms with Gasteiger partial charge in [-0.2, -0.15) is 0 Å². The van der Waals surface area contributed by atoms with Crippen molar-refractivity contribution in [2.45, 2.75) is 33.6 Å². The molecule has 0 atom stereocenters. The monoisotopic (exact) mass is 459 g/mol. The highest BCUT2D eigenvalue weighted by atomic mass is 32.2.